The van der Waals surface area contributed by atoms with Gasteiger partial charge in [0.15, 0.2) is 5.76 Å². The normalized spacial score (nSPS) is 11.7. The summed E-state index contributed by atoms with van der Waals surface area (Å²) in [5.41, 5.74) is 1.56. The number of nitrogens with one attached hydrogen (secondary N) is 1. The fraction of sp³-hybridized carbons (Fsp3) is 0.211. The number of fused-ring (bicyclic) bond motifs is 1. The Morgan fingerprint density at radius 3 is 2.48 bits per heavy atom. The highest BCUT2D eigenvalue weighted by Gasteiger charge is 2.22. The number of methoxy groups -OCH3 is 1. The number of para-hydroxylation sites is 1. The minimum atomic E-state index is -3.65. The van der Waals surface area contributed by atoms with Gasteiger partial charge >= 0.3 is 0 Å². The largest absolute Gasteiger partial charge is 0.495 e. The number of hydrogen-bond donors (Lipinski definition) is 1. The molecule has 1 N–H and O–H groups in total. The lowest BCUT2D eigenvalue weighted by Gasteiger charge is -2.15. The van der Waals surface area contributed by atoms with Crippen molar-refractivity contribution in [2.75, 3.05) is 26.5 Å². The van der Waals surface area contributed by atoms with Crippen LogP contribution >= 0.6 is 0 Å². The number of benzene rings is 2. The highest BCUT2D eigenvalue weighted by atomic mass is 32.2. The van der Waals surface area contributed by atoms with Gasteiger partial charge in [-0.05, 0) is 31.2 Å². The smallest absolute Gasteiger partial charge is 0.291 e. The van der Waals surface area contributed by atoms with Gasteiger partial charge in [-0.15, -0.1) is 0 Å². The summed E-state index contributed by atoms with van der Waals surface area (Å²) in [6, 6.07) is 11.6. The minimum Gasteiger partial charge on any atom is -0.495 e. The summed E-state index contributed by atoms with van der Waals surface area (Å²) in [6.07, 6.45) is 0. The lowest BCUT2D eigenvalue weighted by atomic mass is 10.1. The Labute approximate surface area is 157 Å². The van der Waals surface area contributed by atoms with E-state index in [1.54, 1.807) is 13.0 Å². The third kappa shape index (κ3) is 3.41. The second-order valence-corrected chi connectivity index (χ2v) is 8.31. The Balaban J connectivity index is 2.00. The molecule has 0 aliphatic heterocycles. The van der Waals surface area contributed by atoms with Crippen LogP contribution in [0, 0.1) is 6.92 Å². The molecule has 3 aromatic rings. The van der Waals surface area contributed by atoms with E-state index in [-0.39, 0.29) is 16.3 Å². The van der Waals surface area contributed by atoms with Gasteiger partial charge in [-0.1, -0.05) is 18.2 Å². The molecular weight excluding hydrogens is 368 g/mol. The Hall–Kier alpha value is -2.84. The van der Waals surface area contributed by atoms with Crippen LogP contribution in [0.2, 0.25) is 0 Å². The summed E-state index contributed by atoms with van der Waals surface area (Å²) < 4.78 is 36.7. The number of aryl methyl sites for hydroxylation is 1. The molecule has 8 heteroatoms. The predicted molar refractivity (Wildman–Crippen MR) is 103 cm³/mol. The molecule has 0 radical (unpaired) electrons. The van der Waals surface area contributed by atoms with E-state index in [9.17, 15) is 13.2 Å². The van der Waals surface area contributed by atoms with Crippen LogP contribution < -0.4 is 10.1 Å². The minimum absolute atomic E-state index is 0.0462. The SMILES string of the molecule is COc1ccc(S(=O)(=O)N(C)C)cc1NC(=O)c1oc2ccccc2c1C. The molecule has 0 saturated heterocycles. The standard InChI is InChI=1S/C19H20N2O5S/c1-12-14-7-5-6-8-16(14)26-18(12)19(22)20-15-11-13(9-10-17(15)25-4)27(23,24)21(2)3/h5-11H,1-4H3,(H,20,22). The van der Waals surface area contributed by atoms with E-state index >= 15 is 0 Å². The van der Waals surface area contributed by atoms with Crippen molar-refractivity contribution in [3.05, 3.63) is 53.8 Å². The average molecular weight is 388 g/mol. The zero-order chi connectivity index (χ0) is 19.8. The highest BCUT2D eigenvalue weighted by molar-refractivity contribution is 7.89. The molecule has 0 aliphatic rings. The van der Waals surface area contributed by atoms with E-state index in [2.05, 4.69) is 5.32 Å². The number of amides is 1. The number of sulfonamides is 1. The average Bonchev–Trinajstić information content (AvgIpc) is 2.98. The number of nitrogens with zero attached hydrogens (tertiary/aromatic N) is 1. The summed E-state index contributed by atoms with van der Waals surface area (Å²) >= 11 is 0. The van der Waals surface area contributed by atoms with Crippen LogP contribution in [-0.4, -0.2) is 39.8 Å². The maximum atomic E-state index is 12.7. The van der Waals surface area contributed by atoms with Gasteiger partial charge in [0.05, 0.1) is 17.7 Å². The summed E-state index contributed by atoms with van der Waals surface area (Å²) in [4.78, 5) is 12.8. The van der Waals surface area contributed by atoms with Gasteiger partial charge in [-0.3, -0.25) is 4.79 Å². The Morgan fingerprint density at radius 2 is 1.85 bits per heavy atom. The molecule has 0 spiro atoms. The van der Waals surface area contributed by atoms with Gasteiger partial charge < -0.3 is 14.5 Å². The van der Waals surface area contributed by atoms with Crippen LogP contribution in [0.4, 0.5) is 5.69 Å². The topological polar surface area (TPSA) is 88.9 Å². The van der Waals surface area contributed by atoms with E-state index in [0.717, 1.165) is 9.69 Å². The van der Waals surface area contributed by atoms with Crippen molar-refractivity contribution >= 4 is 32.6 Å². The zero-order valence-electron chi connectivity index (χ0n) is 15.4. The second-order valence-electron chi connectivity index (χ2n) is 6.16. The maximum absolute atomic E-state index is 12.7. The maximum Gasteiger partial charge on any atom is 0.291 e. The number of carbonyl (C=O) groups is 1. The van der Waals surface area contributed by atoms with Crippen LogP contribution in [0.15, 0.2) is 51.8 Å². The third-order valence-electron chi connectivity index (χ3n) is 4.25. The first-order valence-corrected chi connectivity index (χ1v) is 9.59. The van der Waals surface area contributed by atoms with Crippen molar-refractivity contribution in [3.63, 3.8) is 0 Å². The van der Waals surface area contributed by atoms with Crippen molar-refractivity contribution in [1.82, 2.24) is 4.31 Å². The molecule has 3 rings (SSSR count). The number of anilines is 1. The molecular formula is C19H20N2O5S. The first-order chi connectivity index (χ1) is 12.8. The Morgan fingerprint density at radius 1 is 1.15 bits per heavy atom. The monoisotopic (exact) mass is 388 g/mol. The molecule has 1 heterocycles. The highest BCUT2D eigenvalue weighted by Crippen LogP contribution is 2.30. The molecule has 2 aromatic carbocycles. The van der Waals surface area contributed by atoms with E-state index < -0.39 is 15.9 Å². The van der Waals surface area contributed by atoms with Crippen molar-refractivity contribution in [1.29, 1.82) is 0 Å². The van der Waals surface area contributed by atoms with Gasteiger partial charge in [-0.25, -0.2) is 12.7 Å². The molecule has 0 fully saturated rings. The number of furan rings is 1. The number of rotatable bonds is 5. The van der Waals surface area contributed by atoms with Crippen LogP contribution in [0.25, 0.3) is 11.0 Å². The number of carbonyl (C=O) groups excluding carboxylic acids is 1. The second kappa shape index (κ2) is 7.05. The fourth-order valence-electron chi connectivity index (χ4n) is 2.73. The van der Waals surface area contributed by atoms with Crippen LogP contribution in [-0.2, 0) is 10.0 Å². The van der Waals surface area contributed by atoms with Gasteiger partial charge in [-0.2, -0.15) is 0 Å². The van der Waals surface area contributed by atoms with E-state index in [1.807, 2.05) is 18.2 Å². The zero-order valence-corrected chi connectivity index (χ0v) is 16.3. The van der Waals surface area contributed by atoms with E-state index in [0.29, 0.717) is 16.9 Å². The fourth-order valence-corrected chi connectivity index (χ4v) is 3.65. The lowest BCUT2D eigenvalue weighted by Crippen LogP contribution is -2.22. The summed E-state index contributed by atoms with van der Waals surface area (Å²) in [5, 5.41) is 3.54. The van der Waals surface area contributed by atoms with Crippen molar-refractivity contribution in [2.45, 2.75) is 11.8 Å². The number of hydrogen-bond acceptors (Lipinski definition) is 5. The van der Waals surface area contributed by atoms with E-state index in [1.165, 1.54) is 39.4 Å². The van der Waals surface area contributed by atoms with Crippen LogP contribution in [0.3, 0.4) is 0 Å². The van der Waals surface area contributed by atoms with Gasteiger partial charge in [0.2, 0.25) is 10.0 Å². The van der Waals surface area contributed by atoms with Crippen LogP contribution in [0.1, 0.15) is 16.1 Å². The molecule has 0 unspecified atom stereocenters. The van der Waals surface area contributed by atoms with Gasteiger partial charge in [0.1, 0.15) is 11.3 Å². The van der Waals surface area contributed by atoms with Crippen LogP contribution in [0.5, 0.6) is 5.75 Å². The van der Waals surface area contributed by atoms with Crippen molar-refractivity contribution in [2.24, 2.45) is 0 Å². The Kier molecular flexibility index (Phi) is 4.95. The first-order valence-electron chi connectivity index (χ1n) is 8.15. The molecule has 7 nitrogen and oxygen atoms in total. The Bertz CT molecular complexity index is 1120. The molecule has 27 heavy (non-hydrogen) atoms. The predicted octanol–water partition coefficient (Wildman–Crippen LogP) is 3.25. The third-order valence-corrected chi connectivity index (χ3v) is 6.06. The molecule has 142 valence electrons. The summed E-state index contributed by atoms with van der Waals surface area (Å²) in [7, 11) is 0.672. The molecule has 0 aliphatic carbocycles. The molecule has 0 bridgehead atoms. The first kappa shape index (κ1) is 18.9. The quantitative estimate of drug-likeness (QED) is 0.725. The van der Waals surface area contributed by atoms with E-state index in [4.69, 9.17) is 9.15 Å². The molecule has 0 atom stereocenters. The lowest BCUT2D eigenvalue weighted by molar-refractivity contribution is 0.0997. The molecule has 0 saturated carbocycles. The van der Waals surface area contributed by atoms with Gasteiger partial charge in [0.25, 0.3) is 5.91 Å². The van der Waals surface area contributed by atoms with Crippen molar-refractivity contribution < 1.29 is 22.4 Å². The summed E-state index contributed by atoms with van der Waals surface area (Å²) in [6.45, 7) is 1.80. The summed E-state index contributed by atoms with van der Waals surface area (Å²) in [5.74, 6) is 0.0235. The van der Waals surface area contributed by atoms with Gasteiger partial charge in [0, 0.05) is 25.0 Å². The molecule has 1 aromatic heterocycles. The van der Waals surface area contributed by atoms with Crippen molar-refractivity contribution in [3.8, 4) is 5.75 Å². The molecule has 1 amide bonds. The number of ether oxygens (including phenoxy) is 1.